The smallest absolute Gasteiger partial charge is 0.328 e. The van der Waals surface area contributed by atoms with Crippen LogP contribution in [0.25, 0.3) is 28.1 Å². The van der Waals surface area contributed by atoms with Gasteiger partial charge >= 0.3 is 5.69 Å². The Kier molecular flexibility index (Phi) is 4.48. The zero-order chi connectivity index (χ0) is 21.5. The number of pyridine rings is 1. The number of carbonyl (C=O) groups is 1. The lowest BCUT2D eigenvalue weighted by molar-refractivity contribution is -0.135. The Morgan fingerprint density at radius 1 is 1.39 bits per heavy atom. The molecule has 5 rings (SSSR count). The van der Waals surface area contributed by atoms with E-state index in [9.17, 15) is 20.0 Å². The Labute approximate surface area is 175 Å². The Hall–Kier alpha value is -4.04. The second-order valence-electron chi connectivity index (χ2n) is 7.44. The van der Waals surface area contributed by atoms with Crippen molar-refractivity contribution < 1.29 is 9.90 Å². The van der Waals surface area contributed by atoms with Crippen LogP contribution in [0.2, 0.25) is 0 Å². The summed E-state index contributed by atoms with van der Waals surface area (Å²) in [5, 5.41) is 22.7. The number of piperidine rings is 1. The average Bonchev–Trinajstić information content (AvgIpc) is 3.37. The lowest BCUT2D eigenvalue weighted by Crippen LogP contribution is -2.43. The van der Waals surface area contributed by atoms with Crippen molar-refractivity contribution >= 4 is 22.6 Å². The summed E-state index contributed by atoms with van der Waals surface area (Å²) in [5.74, 6) is 0.0250. The Bertz CT molecular complexity index is 1410. The molecular formula is C20H18N8O3. The average molecular weight is 418 g/mol. The number of nitrogens with one attached hydrogen (secondary N) is 1. The van der Waals surface area contributed by atoms with E-state index in [2.05, 4.69) is 26.1 Å². The lowest BCUT2D eigenvalue weighted by Gasteiger charge is -2.32. The molecule has 0 radical (unpaired) electrons. The highest BCUT2D eigenvalue weighted by atomic mass is 16.3. The highest BCUT2D eigenvalue weighted by Crippen LogP contribution is 2.26. The number of imidazole rings is 1. The van der Waals surface area contributed by atoms with E-state index in [0.29, 0.717) is 53.1 Å². The van der Waals surface area contributed by atoms with Gasteiger partial charge in [-0.05, 0) is 25.0 Å². The summed E-state index contributed by atoms with van der Waals surface area (Å²) >= 11 is 0. The van der Waals surface area contributed by atoms with Crippen molar-refractivity contribution in [3.05, 3.63) is 46.8 Å². The third-order valence-corrected chi connectivity index (χ3v) is 5.60. The molecule has 1 atom stereocenters. The minimum absolute atomic E-state index is 0.262. The fourth-order valence-corrected chi connectivity index (χ4v) is 4.10. The van der Waals surface area contributed by atoms with Crippen molar-refractivity contribution in [3.8, 4) is 17.5 Å². The molecule has 5 heterocycles. The maximum atomic E-state index is 12.7. The van der Waals surface area contributed by atoms with E-state index in [1.807, 2.05) is 0 Å². The first-order valence-electron chi connectivity index (χ1n) is 9.83. The molecule has 1 aliphatic rings. The zero-order valence-corrected chi connectivity index (χ0v) is 16.4. The van der Waals surface area contributed by atoms with Crippen LogP contribution in [0.5, 0.6) is 0 Å². The van der Waals surface area contributed by atoms with Crippen molar-refractivity contribution in [2.45, 2.75) is 18.9 Å². The molecule has 1 amide bonds. The number of nitriles is 1. The maximum absolute atomic E-state index is 12.7. The number of aliphatic hydroxyl groups is 1. The minimum atomic E-state index is -0.554. The highest BCUT2D eigenvalue weighted by Gasteiger charge is 2.27. The molecule has 11 nitrogen and oxygen atoms in total. The second kappa shape index (κ2) is 7.33. The third-order valence-electron chi connectivity index (χ3n) is 5.60. The van der Waals surface area contributed by atoms with Crippen LogP contribution in [0.15, 0.2) is 35.5 Å². The first-order chi connectivity index (χ1) is 15.1. The summed E-state index contributed by atoms with van der Waals surface area (Å²) in [4.78, 5) is 38.0. The van der Waals surface area contributed by atoms with Crippen molar-refractivity contribution in [3.63, 3.8) is 0 Å². The van der Waals surface area contributed by atoms with Crippen LogP contribution >= 0.6 is 0 Å². The monoisotopic (exact) mass is 418 g/mol. The van der Waals surface area contributed by atoms with Gasteiger partial charge in [0.2, 0.25) is 5.91 Å². The zero-order valence-electron chi connectivity index (χ0n) is 16.4. The SMILES string of the molecule is N#Cc1ccn2ncc(-c3ncc4[nH]c(=O)n(C5CCCN(C(=O)CO)C5)c4n3)c2c1. The molecule has 31 heavy (non-hydrogen) atoms. The molecule has 1 saturated heterocycles. The number of aromatic nitrogens is 6. The molecule has 2 N–H and O–H groups in total. The second-order valence-corrected chi connectivity index (χ2v) is 7.44. The molecule has 1 fully saturated rings. The van der Waals surface area contributed by atoms with Crippen LogP contribution in [-0.4, -0.2) is 64.7 Å². The van der Waals surface area contributed by atoms with E-state index in [1.54, 1.807) is 44.7 Å². The van der Waals surface area contributed by atoms with Gasteiger partial charge in [0.05, 0.1) is 41.1 Å². The van der Waals surface area contributed by atoms with E-state index in [1.165, 1.54) is 0 Å². The number of nitrogens with zero attached hydrogens (tertiary/aromatic N) is 7. The molecule has 0 aromatic carbocycles. The molecule has 156 valence electrons. The number of hydrogen-bond donors (Lipinski definition) is 2. The molecule has 0 spiro atoms. The van der Waals surface area contributed by atoms with Gasteiger partial charge in [-0.15, -0.1) is 0 Å². The van der Waals surface area contributed by atoms with Crippen LogP contribution in [-0.2, 0) is 4.79 Å². The first-order valence-corrected chi connectivity index (χ1v) is 9.83. The van der Waals surface area contributed by atoms with Gasteiger partial charge < -0.3 is 15.0 Å². The summed E-state index contributed by atoms with van der Waals surface area (Å²) in [6.45, 7) is 0.325. The highest BCUT2D eigenvalue weighted by molar-refractivity contribution is 5.80. The van der Waals surface area contributed by atoms with E-state index in [-0.39, 0.29) is 17.6 Å². The van der Waals surface area contributed by atoms with E-state index < -0.39 is 6.61 Å². The van der Waals surface area contributed by atoms with Crippen molar-refractivity contribution in [1.82, 2.24) is 34.0 Å². The van der Waals surface area contributed by atoms with Gasteiger partial charge in [0.15, 0.2) is 11.5 Å². The fraction of sp³-hybridized carbons (Fsp3) is 0.300. The van der Waals surface area contributed by atoms with Gasteiger partial charge in [-0.3, -0.25) is 9.36 Å². The number of amides is 1. The predicted octanol–water partition coefficient (Wildman–Crippen LogP) is 0.462. The number of aliphatic hydroxyl groups excluding tert-OH is 1. The number of fused-ring (bicyclic) bond motifs is 2. The number of hydrogen-bond acceptors (Lipinski definition) is 7. The van der Waals surface area contributed by atoms with Crippen molar-refractivity contribution in [2.24, 2.45) is 0 Å². The van der Waals surface area contributed by atoms with Gasteiger partial charge in [-0.2, -0.15) is 10.4 Å². The lowest BCUT2D eigenvalue weighted by atomic mass is 10.1. The normalized spacial score (nSPS) is 16.6. The summed E-state index contributed by atoms with van der Waals surface area (Å²) in [6, 6.07) is 5.22. The van der Waals surface area contributed by atoms with Gasteiger partial charge in [-0.25, -0.2) is 19.3 Å². The van der Waals surface area contributed by atoms with Crippen LogP contribution in [0.4, 0.5) is 0 Å². The Morgan fingerprint density at radius 2 is 2.26 bits per heavy atom. The van der Waals surface area contributed by atoms with Gasteiger partial charge in [0.25, 0.3) is 0 Å². The molecule has 4 aromatic heterocycles. The third kappa shape index (κ3) is 3.13. The molecular weight excluding hydrogens is 400 g/mol. The van der Waals surface area contributed by atoms with E-state index >= 15 is 0 Å². The van der Waals surface area contributed by atoms with Gasteiger partial charge in [0.1, 0.15) is 12.1 Å². The van der Waals surface area contributed by atoms with Crippen molar-refractivity contribution in [2.75, 3.05) is 19.7 Å². The number of H-pyrrole nitrogens is 1. The molecule has 0 aliphatic carbocycles. The quantitative estimate of drug-likeness (QED) is 0.492. The Balaban J connectivity index is 1.61. The molecule has 1 unspecified atom stereocenters. The van der Waals surface area contributed by atoms with Gasteiger partial charge in [-0.1, -0.05) is 0 Å². The van der Waals surface area contributed by atoms with E-state index in [0.717, 1.165) is 6.42 Å². The largest absolute Gasteiger partial charge is 0.387 e. The van der Waals surface area contributed by atoms with Crippen LogP contribution in [0.3, 0.4) is 0 Å². The Morgan fingerprint density at radius 3 is 3.06 bits per heavy atom. The molecule has 1 aliphatic heterocycles. The standard InChI is InChI=1S/C20H18N8O3/c21-7-12-3-5-27-16(6-12)14(8-23-27)18-22-9-15-19(25-18)28(20(31)24-15)13-2-1-4-26(10-13)17(30)11-29/h3,5-6,8-9,13,29H,1-2,4,10-11H2,(H,24,31). The molecule has 0 bridgehead atoms. The topological polar surface area (TPSA) is 145 Å². The molecule has 0 saturated carbocycles. The predicted molar refractivity (Wildman–Crippen MR) is 109 cm³/mol. The number of likely N-dealkylation sites (tertiary alicyclic amines) is 1. The van der Waals surface area contributed by atoms with Gasteiger partial charge in [0, 0.05) is 19.3 Å². The van der Waals surface area contributed by atoms with Crippen molar-refractivity contribution in [1.29, 1.82) is 5.26 Å². The minimum Gasteiger partial charge on any atom is -0.387 e. The summed E-state index contributed by atoms with van der Waals surface area (Å²) in [5.41, 5.74) is 2.42. The fourth-order valence-electron chi connectivity index (χ4n) is 4.10. The molecule has 11 heteroatoms. The first kappa shape index (κ1) is 19.0. The summed E-state index contributed by atoms with van der Waals surface area (Å²) < 4.78 is 3.19. The van der Waals surface area contributed by atoms with Crippen LogP contribution in [0.1, 0.15) is 24.4 Å². The summed E-state index contributed by atoms with van der Waals surface area (Å²) in [6.07, 6.45) is 6.29. The molecule has 4 aromatic rings. The number of aromatic amines is 1. The van der Waals surface area contributed by atoms with Crippen LogP contribution < -0.4 is 5.69 Å². The number of carbonyl (C=O) groups excluding carboxylic acids is 1. The maximum Gasteiger partial charge on any atom is 0.328 e. The summed E-state index contributed by atoms with van der Waals surface area (Å²) in [7, 11) is 0. The van der Waals surface area contributed by atoms with E-state index in [4.69, 9.17) is 0 Å². The van der Waals surface area contributed by atoms with Crippen LogP contribution in [0, 0.1) is 11.3 Å². The number of rotatable bonds is 3.